The summed E-state index contributed by atoms with van der Waals surface area (Å²) in [7, 11) is 0. The van der Waals surface area contributed by atoms with E-state index in [4.69, 9.17) is 27.9 Å². The van der Waals surface area contributed by atoms with E-state index in [2.05, 4.69) is 5.32 Å². The van der Waals surface area contributed by atoms with Crippen molar-refractivity contribution in [2.75, 3.05) is 5.75 Å². The van der Waals surface area contributed by atoms with Crippen molar-refractivity contribution >= 4 is 46.8 Å². The predicted octanol–water partition coefficient (Wildman–Crippen LogP) is 4.07. The van der Waals surface area contributed by atoms with E-state index in [0.717, 1.165) is 5.56 Å². The standard InChI is InChI=1S/C16H21Cl2NO3S/c1-10(15(21)19-16(2,3)4)22-14(20)9-23-8-11-5-6-12(17)13(18)7-11/h5-7,10H,8-9H2,1-4H3,(H,19,21). The maximum absolute atomic E-state index is 11.8. The zero-order valence-electron chi connectivity index (χ0n) is 13.6. The van der Waals surface area contributed by atoms with Gasteiger partial charge >= 0.3 is 5.97 Å². The van der Waals surface area contributed by atoms with Crippen LogP contribution in [0.1, 0.15) is 33.3 Å². The monoisotopic (exact) mass is 377 g/mol. The van der Waals surface area contributed by atoms with Gasteiger partial charge in [-0.2, -0.15) is 0 Å². The van der Waals surface area contributed by atoms with Crippen molar-refractivity contribution in [3.05, 3.63) is 33.8 Å². The molecule has 0 saturated carbocycles. The van der Waals surface area contributed by atoms with Crippen molar-refractivity contribution in [2.24, 2.45) is 0 Å². The van der Waals surface area contributed by atoms with Crippen LogP contribution in [0.5, 0.6) is 0 Å². The average molecular weight is 378 g/mol. The van der Waals surface area contributed by atoms with Crippen LogP contribution in [0, 0.1) is 0 Å². The van der Waals surface area contributed by atoms with Gasteiger partial charge in [0.1, 0.15) is 0 Å². The molecule has 1 aromatic rings. The summed E-state index contributed by atoms with van der Waals surface area (Å²) in [5, 5.41) is 3.75. The summed E-state index contributed by atoms with van der Waals surface area (Å²) < 4.78 is 5.12. The van der Waals surface area contributed by atoms with E-state index in [9.17, 15) is 9.59 Å². The van der Waals surface area contributed by atoms with Crippen molar-refractivity contribution < 1.29 is 14.3 Å². The molecule has 1 unspecified atom stereocenters. The van der Waals surface area contributed by atoms with Crippen molar-refractivity contribution in [1.29, 1.82) is 0 Å². The fourth-order valence-corrected chi connectivity index (χ4v) is 2.71. The number of rotatable bonds is 6. The molecule has 7 heteroatoms. The number of ether oxygens (including phenoxy) is 1. The van der Waals surface area contributed by atoms with Gasteiger partial charge in [0.2, 0.25) is 0 Å². The van der Waals surface area contributed by atoms with Crippen LogP contribution in [-0.2, 0) is 20.1 Å². The fourth-order valence-electron chi connectivity index (χ4n) is 1.64. The number of hydrogen-bond acceptors (Lipinski definition) is 4. The molecule has 0 heterocycles. The van der Waals surface area contributed by atoms with E-state index < -0.39 is 12.1 Å². The molecule has 128 valence electrons. The SMILES string of the molecule is CC(OC(=O)CSCc1ccc(Cl)c(Cl)c1)C(=O)NC(C)(C)C. The first kappa shape index (κ1) is 20.1. The van der Waals surface area contributed by atoms with E-state index >= 15 is 0 Å². The van der Waals surface area contributed by atoms with Crippen LogP contribution in [-0.4, -0.2) is 29.3 Å². The van der Waals surface area contributed by atoms with Crippen molar-refractivity contribution in [2.45, 2.75) is 45.1 Å². The first-order valence-corrected chi connectivity index (χ1v) is 9.03. The van der Waals surface area contributed by atoms with Crippen LogP contribution >= 0.6 is 35.0 Å². The Labute approximate surface area is 151 Å². The molecule has 0 aliphatic rings. The van der Waals surface area contributed by atoms with Gasteiger partial charge in [0, 0.05) is 11.3 Å². The number of carbonyl (C=O) groups is 2. The molecule has 0 spiro atoms. The van der Waals surface area contributed by atoms with Crippen LogP contribution in [0.2, 0.25) is 10.0 Å². The molecule has 1 amide bonds. The van der Waals surface area contributed by atoms with E-state index in [0.29, 0.717) is 15.8 Å². The summed E-state index contributed by atoms with van der Waals surface area (Å²) in [6.45, 7) is 7.16. The molecule has 0 radical (unpaired) electrons. The maximum Gasteiger partial charge on any atom is 0.316 e. The quantitative estimate of drug-likeness (QED) is 0.758. The summed E-state index contributed by atoms with van der Waals surface area (Å²) >= 11 is 13.2. The van der Waals surface area contributed by atoms with Gasteiger partial charge in [-0.3, -0.25) is 9.59 Å². The second-order valence-corrected chi connectivity index (χ2v) is 7.91. The number of carbonyl (C=O) groups excluding carboxylic acids is 2. The lowest BCUT2D eigenvalue weighted by Gasteiger charge is -2.23. The number of benzene rings is 1. The third-order valence-electron chi connectivity index (χ3n) is 2.65. The number of halogens is 2. The number of esters is 1. The highest BCUT2D eigenvalue weighted by Crippen LogP contribution is 2.24. The normalized spacial score (nSPS) is 12.6. The Balaban J connectivity index is 2.36. The van der Waals surface area contributed by atoms with Crippen molar-refractivity contribution in [3.63, 3.8) is 0 Å². The third kappa shape index (κ3) is 7.95. The van der Waals surface area contributed by atoms with Crippen LogP contribution in [0.3, 0.4) is 0 Å². The first-order valence-electron chi connectivity index (χ1n) is 7.11. The minimum Gasteiger partial charge on any atom is -0.452 e. The van der Waals surface area contributed by atoms with Crippen LogP contribution in [0.25, 0.3) is 0 Å². The maximum atomic E-state index is 11.8. The van der Waals surface area contributed by atoms with E-state index in [1.807, 2.05) is 26.8 Å². The van der Waals surface area contributed by atoms with Crippen LogP contribution in [0.4, 0.5) is 0 Å². The minimum absolute atomic E-state index is 0.160. The Kier molecular flexibility index (Phi) is 7.71. The zero-order chi connectivity index (χ0) is 17.6. The molecule has 23 heavy (non-hydrogen) atoms. The Morgan fingerprint density at radius 2 is 1.91 bits per heavy atom. The molecule has 1 aromatic carbocycles. The first-order chi connectivity index (χ1) is 10.6. The molecule has 1 rings (SSSR count). The highest BCUT2D eigenvalue weighted by Gasteiger charge is 2.22. The summed E-state index contributed by atoms with van der Waals surface area (Å²) in [5.74, 6) is 0.0361. The van der Waals surface area contributed by atoms with Gasteiger partial charge in [-0.25, -0.2) is 0 Å². The Hall–Kier alpha value is -0.910. The molecule has 0 saturated heterocycles. The lowest BCUT2D eigenvalue weighted by atomic mass is 10.1. The van der Waals surface area contributed by atoms with Gasteiger partial charge in [0.25, 0.3) is 5.91 Å². The molecular weight excluding hydrogens is 357 g/mol. The highest BCUT2D eigenvalue weighted by molar-refractivity contribution is 7.99. The zero-order valence-corrected chi connectivity index (χ0v) is 15.9. The third-order valence-corrected chi connectivity index (χ3v) is 4.36. The van der Waals surface area contributed by atoms with Gasteiger partial charge < -0.3 is 10.1 Å². The summed E-state index contributed by atoms with van der Waals surface area (Å²) in [4.78, 5) is 23.6. The minimum atomic E-state index is -0.813. The van der Waals surface area contributed by atoms with E-state index in [-0.39, 0.29) is 17.2 Å². The molecule has 1 N–H and O–H groups in total. The smallest absolute Gasteiger partial charge is 0.316 e. The Bertz CT molecular complexity index is 573. The molecule has 0 fully saturated rings. The van der Waals surface area contributed by atoms with Crippen LogP contribution < -0.4 is 5.32 Å². The number of nitrogens with one attached hydrogen (secondary N) is 1. The number of hydrogen-bond donors (Lipinski definition) is 1. The predicted molar refractivity (Wildman–Crippen MR) is 96.1 cm³/mol. The Morgan fingerprint density at radius 1 is 1.26 bits per heavy atom. The molecule has 0 bridgehead atoms. The summed E-state index contributed by atoms with van der Waals surface area (Å²) in [5.41, 5.74) is 0.608. The Morgan fingerprint density at radius 3 is 2.48 bits per heavy atom. The van der Waals surface area contributed by atoms with Gasteiger partial charge in [0.15, 0.2) is 6.10 Å². The molecule has 0 aliphatic heterocycles. The summed E-state index contributed by atoms with van der Waals surface area (Å²) in [6, 6.07) is 5.34. The average Bonchev–Trinajstić information content (AvgIpc) is 2.40. The lowest BCUT2D eigenvalue weighted by Crippen LogP contribution is -2.46. The number of thioether (sulfide) groups is 1. The second kappa shape index (κ2) is 8.81. The van der Waals surface area contributed by atoms with Crippen molar-refractivity contribution in [3.8, 4) is 0 Å². The second-order valence-electron chi connectivity index (χ2n) is 6.11. The van der Waals surface area contributed by atoms with Gasteiger partial charge in [-0.15, -0.1) is 11.8 Å². The topological polar surface area (TPSA) is 55.4 Å². The largest absolute Gasteiger partial charge is 0.452 e. The molecule has 1 atom stereocenters. The van der Waals surface area contributed by atoms with E-state index in [1.165, 1.54) is 11.8 Å². The lowest BCUT2D eigenvalue weighted by molar-refractivity contribution is -0.152. The highest BCUT2D eigenvalue weighted by atomic mass is 35.5. The molecule has 0 aromatic heterocycles. The number of amides is 1. The molecular formula is C16H21Cl2NO3S. The fraction of sp³-hybridized carbons (Fsp3) is 0.500. The van der Waals surface area contributed by atoms with Crippen molar-refractivity contribution in [1.82, 2.24) is 5.32 Å². The van der Waals surface area contributed by atoms with Crippen LogP contribution in [0.15, 0.2) is 18.2 Å². The van der Waals surface area contributed by atoms with E-state index in [1.54, 1.807) is 19.1 Å². The molecule has 4 nitrogen and oxygen atoms in total. The van der Waals surface area contributed by atoms with Gasteiger partial charge in [-0.05, 0) is 45.4 Å². The molecule has 0 aliphatic carbocycles. The van der Waals surface area contributed by atoms with Gasteiger partial charge in [0.05, 0.1) is 15.8 Å². The summed E-state index contributed by atoms with van der Waals surface area (Å²) in [6.07, 6.45) is -0.813. The van der Waals surface area contributed by atoms with Gasteiger partial charge in [-0.1, -0.05) is 29.3 Å².